The molecular formula is C18H36IN3O. The highest BCUT2D eigenvalue weighted by molar-refractivity contribution is 14.0. The molecule has 0 aromatic carbocycles. The minimum Gasteiger partial charge on any atom is -0.381 e. The topological polar surface area (TPSA) is 36.9 Å². The van der Waals surface area contributed by atoms with Gasteiger partial charge in [0.15, 0.2) is 5.96 Å². The summed E-state index contributed by atoms with van der Waals surface area (Å²) in [7, 11) is 2.15. The molecule has 1 heterocycles. The summed E-state index contributed by atoms with van der Waals surface area (Å²) in [6, 6.07) is 0. The molecule has 136 valence electrons. The average Bonchev–Trinajstić information content (AvgIpc) is 3.04. The SMILES string of the molecule is CCNC(=NCCCC1CCCCC1)N(C)CC1CCOC1.I. The molecule has 1 aliphatic heterocycles. The van der Waals surface area contributed by atoms with E-state index in [-0.39, 0.29) is 24.0 Å². The summed E-state index contributed by atoms with van der Waals surface area (Å²) in [5.74, 6) is 2.70. The highest BCUT2D eigenvalue weighted by Gasteiger charge is 2.19. The Kier molecular flexibility index (Phi) is 11.3. The van der Waals surface area contributed by atoms with Crippen molar-refractivity contribution in [2.75, 3.05) is 39.9 Å². The van der Waals surface area contributed by atoms with E-state index in [1.807, 2.05) is 0 Å². The zero-order valence-electron chi connectivity index (χ0n) is 15.1. The molecule has 1 unspecified atom stereocenters. The molecule has 1 N–H and O–H groups in total. The minimum atomic E-state index is 0. The van der Waals surface area contributed by atoms with E-state index in [0.29, 0.717) is 5.92 Å². The van der Waals surface area contributed by atoms with Gasteiger partial charge in [0.1, 0.15) is 0 Å². The van der Waals surface area contributed by atoms with Crippen LogP contribution in [0.3, 0.4) is 0 Å². The number of guanidine groups is 1. The van der Waals surface area contributed by atoms with E-state index in [0.717, 1.165) is 44.7 Å². The van der Waals surface area contributed by atoms with Gasteiger partial charge in [-0.2, -0.15) is 0 Å². The van der Waals surface area contributed by atoms with E-state index >= 15 is 0 Å². The van der Waals surface area contributed by atoms with Crippen LogP contribution in [0, 0.1) is 11.8 Å². The second kappa shape index (κ2) is 12.3. The molecule has 1 saturated heterocycles. The molecule has 0 radical (unpaired) electrons. The van der Waals surface area contributed by atoms with Crippen LogP contribution in [0.2, 0.25) is 0 Å². The fraction of sp³-hybridized carbons (Fsp3) is 0.944. The van der Waals surface area contributed by atoms with Crippen LogP contribution in [0.4, 0.5) is 0 Å². The molecule has 1 aliphatic carbocycles. The number of aliphatic imine (C=N–C) groups is 1. The number of nitrogens with one attached hydrogen (secondary N) is 1. The third kappa shape index (κ3) is 8.05. The van der Waals surface area contributed by atoms with Crippen LogP contribution < -0.4 is 5.32 Å². The number of nitrogens with zero attached hydrogens (tertiary/aromatic N) is 2. The largest absolute Gasteiger partial charge is 0.381 e. The smallest absolute Gasteiger partial charge is 0.193 e. The molecule has 2 fully saturated rings. The molecule has 2 rings (SSSR count). The van der Waals surface area contributed by atoms with Gasteiger partial charge in [0.05, 0.1) is 6.61 Å². The lowest BCUT2D eigenvalue weighted by atomic mass is 9.86. The van der Waals surface area contributed by atoms with Gasteiger partial charge < -0.3 is 15.0 Å². The maximum Gasteiger partial charge on any atom is 0.193 e. The monoisotopic (exact) mass is 437 g/mol. The summed E-state index contributed by atoms with van der Waals surface area (Å²) < 4.78 is 5.48. The van der Waals surface area contributed by atoms with Gasteiger partial charge in [-0.05, 0) is 32.1 Å². The van der Waals surface area contributed by atoms with Crippen LogP contribution >= 0.6 is 24.0 Å². The molecule has 0 bridgehead atoms. The molecule has 5 heteroatoms. The van der Waals surface area contributed by atoms with Crippen molar-refractivity contribution in [2.45, 2.75) is 58.3 Å². The van der Waals surface area contributed by atoms with Gasteiger partial charge >= 0.3 is 0 Å². The quantitative estimate of drug-likeness (QED) is 0.284. The van der Waals surface area contributed by atoms with E-state index in [1.54, 1.807) is 0 Å². The molecule has 2 aliphatic rings. The van der Waals surface area contributed by atoms with E-state index < -0.39 is 0 Å². The normalized spacial score (nSPS) is 22.7. The van der Waals surface area contributed by atoms with Crippen molar-refractivity contribution in [2.24, 2.45) is 16.8 Å². The maximum absolute atomic E-state index is 5.48. The predicted octanol–water partition coefficient (Wildman–Crippen LogP) is 3.90. The van der Waals surface area contributed by atoms with Gasteiger partial charge in [-0.25, -0.2) is 0 Å². The summed E-state index contributed by atoms with van der Waals surface area (Å²) in [6.45, 7) is 6.93. The summed E-state index contributed by atoms with van der Waals surface area (Å²) >= 11 is 0. The van der Waals surface area contributed by atoms with E-state index in [2.05, 4.69) is 24.2 Å². The first-order valence-electron chi connectivity index (χ1n) is 9.36. The van der Waals surface area contributed by atoms with E-state index in [4.69, 9.17) is 9.73 Å². The van der Waals surface area contributed by atoms with Crippen LogP contribution in [-0.2, 0) is 4.74 Å². The lowest BCUT2D eigenvalue weighted by molar-refractivity contribution is 0.181. The Hall–Kier alpha value is -0.0400. The van der Waals surface area contributed by atoms with E-state index in [1.165, 1.54) is 51.4 Å². The molecule has 0 aromatic heterocycles. The Morgan fingerprint density at radius 2 is 1.96 bits per heavy atom. The van der Waals surface area contributed by atoms with Gasteiger partial charge in [-0.15, -0.1) is 24.0 Å². The number of ether oxygens (including phenoxy) is 1. The van der Waals surface area contributed by atoms with Crippen LogP contribution in [0.5, 0.6) is 0 Å². The Labute approximate surface area is 159 Å². The van der Waals surface area contributed by atoms with Crippen molar-refractivity contribution in [1.29, 1.82) is 0 Å². The molecule has 0 aromatic rings. The third-order valence-corrected chi connectivity index (χ3v) is 5.01. The maximum atomic E-state index is 5.48. The summed E-state index contributed by atoms with van der Waals surface area (Å²) in [4.78, 5) is 7.11. The van der Waals surface area contributed by atoms with Crippen molar-refractivity contribution < 1.29 is 4.74 Å². The Morgan fingerprint density at radius 3 is 2.61 bits per heavy atom. The van der Waals surface area contributed by atoms with Crippen LogP contribution in [0.15, 0.2) is 4.99 Å². The fourth-order valence-electron chi connectivity index (χ4n) is 3.71. The van der Waals surface area contributed by atoms with Gasteiger partial charge in [-0.3, -0.25) is 4.99 Å². The van der Waals surface area contributed by atoms with Gasteiger partial charge in [-0.1, -0.05) is 32.1 Å². The summed E-state index contributed by atoms with van der Waals surface area (Å²) in [5, 5.41) is 3.43. The second-order valence-electron chi connectivity index (χ2n) is 6.99. The van der Waals surface area contributed by atoms with Crippen LogP contribution in [0.25, 0.3) is 0 Å². The first-order chi connectivity index (χ1) is 10.8. The second-order valence-corrected chi connectivity index (χ2v) is 6.99. The summed E-state index contributed by atoms with van der Waals surface area (Å²) in [5.41, 5.74) is 0. The minimum absolute atomic E-state index is 0. The van der Waals surface area contributed by atoms with Crippen molar-refractivity contribution in [1.82, 2.24) is 10.2 Å². The first kappa shape index (κ1) is 21.0. The lowest BCUT2D eigenvalue weighted by Gasteiger charge is -2.25. The highest BCUT2D eigenvalue weighted by Crippen LogP contribution is 2.27. The Bertz CT molecular complexity index is 326. The van der Waals surface area contributed by atoms with E-state index in [9.17, 15) is 0 Å². The molecule has 4 nitrogen and oxygen atoms in total. The van der Waals surface area contributed by atoms with Crippen molar-refractivity contribution in [3.63, 3.8) is 0 Å². The van der Waals surface area contributed by atoms with Gasteiger partial charge in [0.2, 0.25) is 0 Å². The number of rotatable bonds is 7. The Morgan fingerprint density at radius 1 is 1.17 bits per heavy atom. The fourth-order valence-corrected chi connectivity index (χ4v) is 3.71. The number of halogens is 1. The molecule has 0 spiro atoms. The molecule has 1 atom stereocenters. The zero-order valence-corrected chi connectivity index (χ0v) is 17.4. The predicted molar refractivity (Wildman–Crippen MR) is 109 cm³/mol. The highest BCUT2D eigenvalue weighted by atomic mass is 127. The molecule has 0 amide bonds. The van der Waals surface area contributed by atoms with Crippen molar-refractivity contribution in [3.05, 3.63) is 0 Å². The van der Waals surface area contributed by atoms with Gasteiger partial charge in [0.25, 0.3) is 0 Å². The Balaban J connectivity index is 0.00000264. The van der Waals surface area contributed by atoms with Crippen molar-refractivity contribution >= 4 is 29.9 Å². The standard InChI is InChI=1S/C18H35N3O.HI/c1-3-19-18(21(2)14-17-11-13-22-15-17)20-12-7-10-16-8-5-4-6-9-16;/h16-17H,3-15H2,1-2H3,(H,19,20);1H. The lowest BCUT2D eigenvalue weighted by Crippen LogP contribution is -2.41. The third-order valence-electron chi connectivity index (χ3n) is 5.01. The van der Waals surface area contributed by atoms with Crippen LogP contribution in [-0.4, -0.2) is 50.8 Å². The van der Waals surface area contributed by atoms with Crippen molar-refractivity contribution in [3.8, 4) is 0 Å². The zero-order chi connectivity index (χ0) is 15.6. The molecule has 23 heavy (non-hydrogen) atoms. The molecular weight excluding hydrogens is 401 g/mol. The first-order valence-corrected chi connectivity index (χ1v) is 9.36. The number of hydrogen-bond donors (Lipinski definition) is 1. The van der Waals surface area contributed by atoms with Crippen LogP contribution in [0.1, 0.15) is 58.3 Å². The number of hydrogen-bond acceptors (Lipinski definition) is 2. The van der Waals surface area contributed by atoms with Gasteiger partial charge in [0, 0.05) is 39.2 Å². The summed E-state index contributed by atoms with van der Waals surface area (Å²) in [6.07, 6.45) is 11.0. The average molecular weight is 437 g/mol. The molecule has 1 saturated carbocycles.